The molecule has 0 spiro atoms. The fraction of sp³-hybridized carbons (Fsp3) is 0.550. The smallest absolute Gasteiger partial charge is 0.330 e. The lowest BCUT2D eigenvalue weighted by molar-refractivity contribution is -0.181. The summed E-state index contributed by atoms with van der Waals surface area (Å²) in [6.45, 7) is 0. The first-order valence-electron chi connectivity index (χ1n) is 9.60. The zero-order valence-corrected chi connectivity index (χ0v) is 15.0. The number of morpholine rings is 1. The van der Waals surface area contributed by atoms with Gasteiger partial charge in [-0.05, 0) is 43.6 Å². The monoisotopic (exact) mass is 372 g/mol. The zero-order valence-electron chi connectivity index (χ0n) is 15.0. The van der Waals surface area contributed by atoms with E-state index < -0.39 is 30.3 Å². The highest BCUT2D eigenvalue weighted by Crippen LogP contribution is 2.43. The Morgan fingerprint density at radius 2 is 2.04 bits per heavy atom. The summed E-state index contributed by atoms with van der Waals surface area (Å²) in [7, 11) is 0. The maximum atomic E-state index is 12.9. The summed E-state index contributed by atoms with van der Waals surface area (Å²) in [6.07, 6.45) is 3.30. The first-order valence-corrected chi connectivity index (χ1v) is 9.60. The Labute approximate surface area is 157 Å². The van der Waals surface area contributed by atoms with Gasteiger partial charge in [0.1, 0.15) is 12.1 Å². The van der Waals surface area contributed by atoms with Gasteiger partial charge in [-0.15, -0.1) is 0 Å². The van der Waals surface area contributed by atoms with Gasteiger partial charge in [0.25, 0.3) is 5.91 Å². The molecular weight excluding hydrogens is 348 g/mol. The van der Waals surface area contributed by atoms with Gasteiger partial charge < -0.3 is 14.7 Å². The molecule has 2 aliphatic heterocycles. The zero-order chi connectivity index (χ0) is 19.0. The summed E-state index contributed by atoms with van der Waals surface area (Å²) in [5, 5.41) is 12.3. The van der Waals surface area contributed by atoms with Gasteiger partial charge in [-0.1, -0.05) is 36.8 Å². The Kier molecular flexibility index (Phi) is 4.86. The lowest BCUT2D eigenvalue weighted by Crippen LogP contribution is -2.62. The topological polar surface area (TPSA) is 95.9 Å². The van der Waals surface area contributed by atoms with Crippen LogP contribution in [-0.2, 0) is 25.5 Å². The van der Waals surface area contributed by atoms with Crippen LogP contribution in [0.15, 0.2) is 30.3 Å². The molecule has 1 amide bonds. The van der Waals surface area contributed by atoms with Crippen molar-refractivity contribution in [1.29, 1.82) is 0 Å². The average Bonchev–Trinajstić information content (AvgIpc) is 3.24. The number of nitrogens with one attached hydrogen (secondary N) is 1. The predicted molar refractivity (Wildman–Crippen MR) is 95.6 cm³/mol. The van der Waals surface area contributed by atoms with Crippen molar-refractivity contribution < 1.29 is 24.2 Å². The Morgan fingerprint density at radius 1 is 1.26 bits per heavy atom. The highest BCUT2D eigenvalue weighted by atomic mass is 16.6. The standard InChI is InChI=1S/C20H24N2O5/c23-18-17(21-14(19(24)25)10-9-12-5-2-1-3-6-12)27-20(26)16-11-13-7-4-8-15(13)22(16)18/h1-3,5-6,13-17,21H,4,7-11H2,(H,24,25)/t13-,14-,15-,16-,17-/m0/s1. The molecule has 27 heavy (non-hydrogen) atoms. The summed E-state index contributed by atoms with van der Waals surface area (Å²) >= 11 is 0. The molecule has 0 radical (unpaired) electrons. The molecule has 2 saturated heterocycles. The molecule has 1 aliphatic carbocycles. The number of aliphatic carboxylic acids is 1. The van der Waals surface area contributed by atoms with Crippen LogP contribution in [0, 0.1) is 5.92 Å². The van der Waals surface area contributed by atoms with Gasteiger partial charge in [0.2, 0.25) is 6.23 Å². The number of fused-ring (bicyclic) bond motifs is 3. The van der Waals surface area contributed by atoms with E-state index in [4.69, 9.17) is 4.74 Å². The van der Waals surface area contributed by atoms with E-state index in [1.165, 1.54) is 0 Å². The van der Waals surface area contributed by atoms with Crippen molar-refractivity contribution in [2.75, 3.05) is 0 Å². The molecule has 1 aromatic rings. The maximum absolute atomic E-state index is 12.9. The Bertz CT molecular complexity index is 737. The lowest BCUT2D eigenvalue weighted by Gasteiger charge is -2.37. The summed E-state index contributed by atoms with van der Waals surface area (Å²) in [5.41, 5.74) is 1.02. The molecule has 0 unspecified atom stereocenters. The third kappa shape index (κ3) is 3.43. The van der Waals surface area contributed by atoms with E-state index in [0.717, 1.165) is 24.8 Å². The van der Waals surface area contributed by atoms with Crippen molar-refractivity contribution in [2.45, 2.75) is 62.9 Å². The molecule has 7 nitrogen and oxygen atoms in total. The number of carboxylic acid groups (broad SMARTS) is 1. The van der Waals surface area contributed by atoms with Crippen molar-refractivity contribution in [3.63, 3.8) is 0 Å². The molecular formula is C20H24N2O5. The van der Waals surface area contributed by atoms with Crippen molar-refractivity contribution in [1.82, 2.24) is 10.2 Å². The van der Waals surface area contributed by atoms with E-state index >= 15 is 0 Å². The van der Waals surface area contributed by atoms with Crippen LogP contribution in [0.5, 0.6) is 0 Å². The van der Waals surface area contributed by atoms with E-state index in [2.05, 4.69) is 5.32 Å². The Hall–Kier alpha value is -2.41. The van der Waals surface area contributed by atoms with Gasteiger partial charge in [-0.2, -0.15) is 0 Å². The van der Waals surface area contributed by atoms with Crippen LogP contribution in [0.1, 0.15) is 37.7 Å². The quantitative estimate of drug-likeness (QED) is 0.731. The first kappa shape index (κ1) is 18.0. The van der Waals surface area contributed by atoms with E-state index in [-0.39, 0.29) is 11.9 Å². The summed E-state index contributed by atoms with van der Waals surface area (Å²) < 4.78 is 5.31. The van der Waals surface area contributed by atoms with Gasteiger partial charge in [0.05, 0.1) is 0 Å². The number of carbonyl (C=O) groups is 3. The number of ether oxygens (including phenoxy) is 1. The van der Waals surface area contributed by atoms with E-state index in [9.17, 15) is 19.5 Å². The summed E-state index contributed by atoms with van der Waals surface area (Å²) in [5.74, 6) is -1.43. The number of aryl methyl sites for hydroxylation is 1. The second-order valence-electron chi connectivity index (χ2n) is 7.65. The van der Waals surface area contributed by atoms with Crippen molar-refractivity contribution in [3.05, 3.63) is 35.9 Å². The van der Waals surface area contributed by atoms with Crippen LogP contribution in [0.3, 0.4) is 0 Å². The predicted octanol–water partition coefficient (Wildman–Crippen LogP) is 1.31. The minimum atomic E-state index is -1.22. The van der Waals surface area contributed by atoms with Crippen LogP contribution in [-0.4, -0.2) is 52.2 Å². The van der Waals surface area contributed by atoms with Crippen LogP contribution < -0.4 is 5.32 Å². The number of hydrogen-bond donors (Lipinski definition) is 2. The number of rotatable bonds is 6. The molecule has 7 heteroatoms. The summed E-state index contributed by atoms with van der Waals surface area (Å²) in [6, 6.07) is 8.18. The number of hydrogen-bond acceptors (Lipinski definition) is 5. The second-order valence-corrected chi connectivity index (χ2v) is 7.65. The van der Waals surface area contributed by atoms with Crippen molar-refractivity contribution in [2.24, 2.45) is 5.92 Å². The second kappa shape index (κ2) is 7.31. The largest absolute Gasteiger partial charge is 0.480 e. The number of amides is 1. The van der Waals surface area contributed by atoms with E-state index in [1.54, 1.807) is 4.90 Å². The highest BCUT2D eigenvalue weighted by Gasteiger charge is 2.54. The lowest BCUT2D eigenvalue weighted by atomic mass is 10.0. The Balaban J connectivity index is 1.44. The molecule has 5 atom stereocenters. The minimum absolute atomic E-state index is 0.0900. The number of benzene rings is 1. The fourth-order valence-corrected chi connectivity index (χ4v) is 4.72. The summed E-state index contributed by atoms with van der Waals surface area (Å²) in [4.78, 5) is 38.6. The van der Waals surface area contributed by atoms with Gasteiger partial charge in [-0.25, -0.2) is 4.79 Å². The number of nitrogens with zero attached hydrogens (tertiary/aromatic N) is 1. The molecule has 3 fully saturated rings. The molecule has 2 N–H and O–H groups in total. The van der Waals surface area contributed by atoms with Crippen molar-refractivity contribution >= 4 is 17.8 Å². The van der Waals surface area contributed by atoms with Crippen LogP contribution >= 0.6 is 0 Å². The number of cyclic esters (lactones) is 1. The first-order chi connectivity index (χ1) is 13.0. The van der Waals surface area contributed by atoms with Crippen LogP contribution in [0.25, 0.3) is 0 Å². The molecule has 3 aliphatic rings. The van der Waals surface area contributed by atoms with Crippen molar-refractivity contribution in [3.8, 4) is 0 Å². The van der Waals surface area contributed by atoms with Gasteiger partial charge in [-0.3, -0.25) is 14.9 Å². The highest BCUT2D eigenvalue weighted by molar-refractivity contribution is 5.93. The SMILES string of the molecule is O=C(O)[C@H](CCc1ccccc1)N[C@H]1OC(=O)[C@@H]2C[C@@H]3CCC[C@@H]3N2C1=O. The molecule has 4 rings (SSSR count). The molecule has 0 bridgehead atoms. The normalized spacial score (nSPS) is 30.6. The average molecular weight is 372 g/mol. The molecule has 1 aromatic carbocycles. The van der Waals surface area contributed by atoms with Gasteiger partial charge in [0.15, 0.2) is 0 Å². The van der Waals surface area contributed by atoms with Crippen LogP contribution in [0.4, 0.5) is 0 Å². The fourth-order valence-electron chi connectivity index (χ4n) is 4.72. The number of carboxylic acids is 1. The third-order valence-electron chi connectivity index (χ3n) is 6.04. The van der Waals surface area contributed by atoms with E-state index in [0.29, 0.717) is 25.2 Å². The third-order valence-corrected chi connectivity index (χ3v) is 6.04. The molecule has 0 aromatic heterocycles. The van der Waals surface area contributed by atoms with Gasteiger partial charge >= 0.3 is 11.9 Å². The number of esters is 1. The van der Waals surface area contributed by atoms with Gasteiger partial charge in [0, 0.05) is 6.04 Å². The maximum Gasteiger partial charge on any atom is 0.330 e. The van der Waals surface area contributed by atoms with Crippen LogP contribution in [0.2, 0.25) is 0 Å². The number of carbonyl (C=O) groups excluding carboxylic acids is 2. The minimum Gasteiger partial charge on any atom is -0.480 e. The molecule has 144 valence electrons. The Morgan fingerprint density at radius 3 is 2.78 bits per heavy atom. The molecule has 2 heterocycles. The molecule has 1 saturated carbocycles. The van der Waals surface area contributed by atoms with E-state index in [1.807, 2.05) is 30.3 Å².